The Bertz CT molecular complexity index is 553. The second-order valence-electron chi connectivity index (χ2n) is 5.89. The number of amides is 1. The third kappa shape index (κ3) is 4.86. The van der Waals surface area contributed by atoms with Crippen LogP contribution in [0.2, 0.25) is 5.02 Å². The molecular formula is C15H21ClF3N3O. The fourth-order valence-corrected chi connectivity index (χ4v) is 2.87. The summed E-state index contributed by atoms with van der Waals surface area (Å²) < 4.78 is 39.9. The van der Waals surface area contributed by atoms with Crippen LogP contribution < -0.4 is 5.32 Å². The van der Waals surface area contributed by atoms with E-state index in [1.54, 1.807) is 0 Å². The maximum atomic E-state index is 12.9. The smallest absolute Gasteiger partial charge is 0.354 e. The topological polar surface area (TPSA) is 46.9 Å². The van der Waals surface area contributed by atoms with Gasteiger partial charge in [0.05, 0.1) is 10.7 Å². The van der Waals surface area contributed by atoms with Gasteiger partial charge in [-0.1, -0.05) is 37.8 Å². The number of alkyl halides is 3. The van der Waals surface area contributed by atoms with Crippen molar-refractivity contribution in [1.29, 1.82) is 0 Å². The lowest BCUT2D eigenvalue weighted by Crippen LogP contribution is -2.29. The van der Waals surface area contributed by atoms with E-state index in [1.165, 1.54) is 0 Å². The second-order valence-corrected chi connectivity index (χ2v) is 6.27. The summed E-state index contributed by atoms with van der Waals surface area (Å²) in [6.45, 7) is 2.39. The van der Waals surface area contributed by atoms with Crippen molar-refractivity contribution in [2.75, 3.05) is 6.54 Å². The molecule has 0 unspecified atom stereocenters. The molecular weight excluding hydrogens is 331 g/mol. The van der Waals surface area contributed by atoms with E-state index in [-0.39, 0.29) is 23.4 Å². The standard InChI is InChI=1S/C15H21ClF3N3O/c1-2-3-4-5-8-20-11(23)9-22-13(10-6-7-10)12(16)14(21-22)15(17,18)19/h10H,2-9H2,1H3,(H,20,23). The number of carbonyl (C=O) groups excluding carboxylic acids is 1. The number of nitrogens with zero attached hydrogens (tertiary/aromatic N) is 2. The summed E-state index contributed by atoms with van der Waals surface area (Å²) in [5.41, 5.74) is -0.767. The number of halogens is 4. The van der Waals surface area contributed by atoms with Gasteiger partial charge in [-0.2, -0.15) is 18.3 Å². The monoisotopic (exact) mass is 351 g/mol. The van der Waals surface area contributed by atoms with E-state index >= 15 is 0 Å². The Morgan fingerprint density at radius 1 is 1.35 bits per heavy atom. The Morgan fingerprint density at radius 3 is 2.61 bits per heavy atom. The van der Waals surface area contributed by atoms with Crippen molar-refractivity contribution >= 4 is 17.5 Å². The molecule has 1 heterocycles. The molecule has 1 N–H and O–H groups in total. The predicted molar refractivity (Wildman–Crippen MR) is 81.4 cm³/mol. The van der Waals surface area contributed by atoms with Gasteiger partial charge in [0.25, 0.3) is 0 Å². The molecule has 0 spiro atoms. The van der Waals surface area contributed by atoms with Crippen molar-refractivity contribution in [2.45, 2.75) is 64.1 Å². The van der Waals surface area contributed by atoms with Crippen LogP contribution in [0.3, 0.4) is 0 Å². The number of rotatable bonds is 8. The van der Waals surface area contributed by atoms with Crippen LogP contribution in [0.1, 0.15) is 62.8 Å². The molecule has 2 rings (SSSR count). The Hall–Kier alpha value is -1.24. The highest BCUT2D eigenvalue weighted by Crippen LogP contribution is 2.46. The Kier molecular flexibility index (Phi) is 5.95. The Labute approximate surface area is 138 Å². The van der Waals surface area contributed by atoms with Crippen molar-refractivity contribution in [1.82, 2.24) is 15.1 Å². The third-order valence-electron chi connectivity index (χ3n) is 3.81. The summed E-state index contributed by atoms with van der Waals surface area (Å²) in [4.78, 5) is 11.9. The van der Waals surface area contributed by atoms with Crippen molar-refractivity contribution in [2.24, 2.45) is 0 Å². The van der Waals surface area contributed by atoms with Gasteiger partial charge in [-0.3, -0.25) is 9.48 Å². The van der Waals surface area contributed by atoms with Gasteiger partial charge in [0.15, 0.2) is 5.69 Å². The molecule has 1 aromatic heterocycles. The molecule has 4 nitrogen and oxygen atoms in total. The summed E-state index contributed by atoms with van der Waals surface area (Å²) in [6, 6.07) is 0. The number of unbranched alkanes of at least 4 members (excludes halogenated alkanes) is 3. The van der Waals surface area contributed by atoms with Gasteiger partial charge in [-0.05, 0) is 19.3 Å². The van der Waals surface area contributed by atoms with Gasteiger partial charge in [-0.15, -0.1) is 0 Å². The highest BCUT2D eigenvalue weighted by molar-refractivity contribution is 6.32. The van der Waals surface area contributed by atoms with Crippen LogP contribution in [-0.2, 0) is 17.5 Å². The van der Waals surface area contributed by atoms with Crippen molar-refractivity contribution in [3.63, 3.8) is 0 Å². The molecule has 1 saturated carbocycles. The van der Waals surface area contributed by atoms with E-state index in [1.807, 2.05) is 0 Å². The first kappa shape index (κ1) is 18.1. The first-order chi connectivity index (χ1) is 10.8. The Balaban J connectivity index is 2.00. The van der Waals surface area contributed by atoms with E-state index in [4.69, 9.17) is 11.6 Å². The average molecular weight is 352 g/mol. The molecule has 0 saturated heterocycles. The Morgan fingerprint density at radius 2 is 2.04 bits per heavy atom. The molecule has 0 radical (unpaired) electrons. The minimum Gasteiger partial charge on any atom is -0.354 e. The van der Waals surface area contributed by atoms with Crippen LogP contribution in [0.15, 0.2) is 0 Å². The van der Waals surface area contributed by atoms with Crippen molar-refractivity contribution in [3.8, 4) is 0 Å². The molecule has 1 amide bonds. The maximum absolute atomic E-state index is 12.9. The zero-order valence-electron chi connectivity index (χ0n) is 13.0. The maximum Gasteiger partial charge on any atom is 0.436 e. The average Bonchev–Trinajstić information content (AvgIpc) is 3.22. The second kappa shape index (κ2) is 7.55. The lowest BCUT2D eigenvalue weighted by atomic mass is 10.2. The molecule has 1 aliphatic rings. The third-order valence-corrected chi connectivity index (χ3v) is 4.18. The fraction of sp³-hybridized carbons (Fsp3) is 0.733. The quantitative estimate of drug-likeness (QED) is 0.716. The molecule has 130 valence electrons. The highest BCUT2D eigenvalue weighted by atomic mass is 35.5. The summed E-state index contributed by atoms with van der Waals surface area (Å²) in [6.07, 6.45) is 1.04. The SMILES string of the molecule is CCCCCCNC(=O)Cn1nc(C(F)(F)F)c(Cl)c1C1CC1. The van der Waals surface area contributed by atoms with E-state index in [0.29, 0.717) is 12.2 Å². The molecule has 0 atom stereocenters. The molecule has 0 aromatic carbocycles. The summed E-state index contributed by atoms with van der Waals surface area (Å²) in [7, 11) is 0. The minimum absolute atomic E-state index is 0.0246. The van der Waals surface area contributed by atoms with E-state index in [0.717, 1.165) is 43.2 Å². The highest BCUT2D eigenvalue weighted by Gasteiger charge is 2.42. The van der Waals surface area contributed by atoms with Gasteiger partial charge in [0, 0.05) is 12.5 Å². The first-order valence-corrected chi connectivity index (χ1v) is 8.32. The lowest BCUT2D eigenvalue weighted by Gasteiger charge is -2.08. The first-order valence-electron chi connectivity index (χ1n) is 7.94. The molecule has 0 aliphatic heterocycles. The molecule has 1 aliphatic carbocycles. The van der Waals surface area contributed by atoms with Crippen LogP contribution in [0.4, 0.5) is 13.2 Å². The van der Waals surface area contributed by atoms with Gasteiger partial charge in [0.2, 0.25) is 5.91 Å². The number of nitrogens with one attached hydrogen (secondary N) is 1. The summed E-state index contributed by atoms with van der Waals surface area (Å²) >= 11 is 5.86. The van der Waals surface area contributed by atoms with Gasteiger partial charge >= 0.3 is 6.18 Å². The van der Waals surface area contributed by atoms with Gasteiger partial charge in [0.1, 0.15) is 6.54 Å². The lowest BCUT2D eigenvalue weighted by molar-refractivity contribution is -0.141. The number of hydrogen-bond acceptors (Lipinski definition) is 2. The zero-order chi connectivity index (χ0) is 17.0. The van der Waals surface area contributed by atoms with Crippen LogP contribution in [0, 0.1) is 0 Å². The summed E-state index contributed by atoms with van der Waals surface area (Å²) in [5, 5.41) is 5.89. The van der Waals surface area contributed by atoms with E-state index in [9.17, 15) is 18.0 Å². The molecule has 1 aromatic rings. The van der Waals surface area contributed by atoms with Crippen LogP contribution in [-0.4, -0.2) is 22.2 Å². The van der Waals surface area contributed by atoms with E-state index in [2.05, 4.69) is 17.3 Å². The molecule has 1 fully saturated rings. The summed E-state index contributed by atoms with van der Waals surface area (Å²) in [5.74, 6) is -0.361. The van der Waals surface area contributed by atoms with Crippen LogP contribution >= 0.6 is 11.6 Å². The van der Waals surface area contributed by atoms with Gasteiger partial charge in [-0.25, -0.2) is 0 Å². The number of aromatic nitrogens is 2. The van der Waals surface area contributed by atoms with Crippen molar-refractivity contribution in [3.05, 3.63) is 16.4 Å². The number of carbonyl (C=O) groups is 1. The fourth-order valence-electron chi connectivity index (χ4n) is 2.47. The van der Waals surface area contributed by atoms with Crippen LogP contribution in [0.25, 0.3) is 0 Å². The number of hydrogen-bond donors (Lipinski definition) is 1. The van der Waals surface area contributed by atoms with Crippen molar-refractivity contribution < 1.29 is 18.0 Å². The zero-order valence-corrected chi connectivity index (χ0v) is 13.8. The predicted octanol–water partition coefficient (Wildman–Crippen LogP) is 4.13. The van der Waals surface area contributed by atoms with Gasteiger partial charge < -0.3 is 5.32 Å². The molecule has 8 heteroatoms. The normalized spacial score (nSPS) is 15.0. The largest absolute Gasteiger partial charge is 0.436 e. The van der Waals surface area contributed by atoms with Crippen LogP contribution in [0.5, 0.6) is 0 Å². The molecule has 23 heavy (non-hydrogen) atoms. The minimum atomic E-state index is -4.61. The van der Waals surface area contributed by atoms with E-state index < -0.39 is 11.9 Å². The molecule has 0 bridgehead atoms.